The molecular weight excluding hydrogens is 172 g/mol. The SMILES string of the molecule is CN(CC1CCC1)CC1(C)CCNC1. The van der Waals surface area contributed by atoms with E-state index in [9.17, 15) is 0 Å². The Morgan fingerprint density at radius 1 is 1.43 bits per heavy atom. The van der Waals surface area contributed by atoms with Crippen LogP contribution in [0.15, 0.2) is 0 Å². The van der Waals surface area contributed by atoms with Crippen molar-refractivity contribution in [2.45, 2.75) is 32.6 Å². The molecule has 1 aliphatic carbocycles. The molecule has 2 nitrogen and oxygen atoms in total. The van der Waals surface area contributed by atoms with Gasteiger partial charge >= 0.3 is 0 Å². The summed E-state index contributed by atoms with van der Waals surface area (Å²) in [5.74, 6) is 1.01. The Morgan fingerprint density at radius 2 is 2.21 bits per heavy atom. The monoisotopic (exact) mass is 196 g/mol. The van der Waals surface area contributed by atoms with Crippen molar-refractivity contribution in [2.24, 2.45) is 11.3 Å². The van der Waals surface area contributed by atoms with Gasteiger partial charge in [-0.2, -0.15) is 0 Å². The number of rotatable bonds is 4. The average Bonchev–Trinajstić information content (AvgIpc) is 2.44. The Labute approximate surface area is 88.1 Å². The molecule has 82 valence electrons. The van der Waals surface area contributed by atoms with E-state index >= 15 is 0 Å². The zero-order valence-electron chi connectivity index (χ0n) is 9.68. The quantitative estimate of drug-likeness (QED) is 0.736. The van der Waals surface area contributed by atoms with Gasteiger partial charge in [-0.1, -0.05) is 13.3 Å². The summed E-state index contributed by atoms with van der Waals surface area (Å²) in [6, 6.07) is 0. The van der Waals surface area contributed by atoms with Crippen LogP contribution in [-0.4, -0.2) is 38.1 Å². The molecule has 1 heterocycles. The fourth-order valence-electron chi connectivity index (χ4n) is 2.84. The molecule has 0 aromatic heterocycles. The molecule has 1 aliphatic heterocycles. The number of hydrogen-bond donors (Lipinski definition) is 1. The number of hydrogen-bond acceptors (Lipinski definition) is 2. The molecule has 1 atom stereocenters. The molecule has 0 amide bonds. The summed E-state index contributed by atoms with van der Waals surface area (Å²) in [7, 11) is 2.29. The summed E-state index contributed by atoms with van der Waals surface area (Å²) in [5.41, 5.74) is 0.540. The van der Waals surface area contributed by atoms with Crippen LogP contribution in [0.3, 0.4) is 0 Å². The molecular formula is C12H24N2. The van der Waals surface area contributed by atoms with Crippen LogP contribution in [0, 0.1) is 11.3 Å². The average molecular weight is 196 g/mol. The second-order valence-electron chi connectivity index (χ2n) is 5.73. The molecule has 0 spiro atoms. The smallest absolute Gasteiger partial charge is 0.00450 e. The van der Waals surface area contributed by atoms with E-state index in [1.807, 2.05) is 0 Å². The topological polar surface area (TPSA) is 15.3 Å². The molecule has 2 rings (SSSR count). The zero-order valence-corrected chi connectivity index (χ0v) is 9.68. The molecule has 1 unspecified atom stereocenters. The van der Waals surface area contributed by atoms with Gasteiger partial charge in [-0.3, -0.25) is 0 Å². The largest absolute Gasteiger partial charge is 0.316 e. The minimum absolute atomic E-state index is 0.540. The summed E-state index contributed by atoms with van der Waals surface area (Å²) < 4.78 is 0. The molecule has 0 aromatic carbocycles. The summed E-state index contributed by atoms with van der Waals surface area (Å²) in [5, 5.41) is 3.47. The van der Waals surface area contributed by atoms with E-state index in [4.69, 9.17) is 0 Å². The van der Waals surface area contributed by atoms with E-state index in [1.54, 1.807) is 0 Å². The van der Waals surface area contributed by atoms with Gasteiger partial charge in [0, 0.05) is 19.6 Å². The highest BCUT2D eigenvalue weighted by molar-refractivity contribution is 4.86. The van der Waals surface area contributed by atoms with Gasteiger partial charge in [-0.25, -0.2) is 0 Å². The van der Waals surface area contributed by atoms with Crippen LogP contribution in [0.4, 0.5) is 0 Å². The van der Waals surface area contributed by atoms with Gasteiger partial charge in [0.25, 0.3) is 0 Å². The normalized spacial score (nSPS) is 33.6. The first-order chi connectivity index (χ1) is 6.68. The van der Waals surface area contributed by atoms with Gasteiger partial charge < -0.3 is 10.2 Å². The Bertz CT molecular complexity index is 181. The lowest BCUT2D eigenvalue weighted by Gasteiger charge is -2.34. The van der Waals surface area contributed by atoms with Gasteiger partial charge in [0.15, 0.2) is 0 Å². The van der Waals surface area contributed by atoms with Crippen LogP contribution >= 0.6 is 0 Å². The van der Waals surface area contributed by atoms with Crippen molar-refractivity contribution in [3.8, 4) is 0 Å². The predicted molar refractivity (Wildman–Crippen MR) is 60.4 cm³/mol. The molecule has 1 N–H and O–H groups in total. The molecule has 0 aromatic rings. The lowest BCUT2D eigenvalue weighted by molar-refractivity contribution is 0.154. The Balaban J connectivity index is 1.72. The maximum atomic E-state index is 3.47. The molecule has 1 saturated heterocycles. The summed E-state index contributed by atoms with van der Waals surface area (Å²) in [6.45, 7) is 7.45. The first kappa shape index (κ1) is 10.4. The van der Waals surface area contributed by atoms with Crippen LogP contribution in [0.2, 0.25) is 0 Å². The van der Waals surface area contributed by atoms with Crippen LogP contribution in [0.25, 0.3) is 0 Å². The third kappa shape index (κ3) is 2.48. The first-order valence-corrected chi connectivity index (χ1v) is 6.07. The van der Waals surface area contributed by atoms with Crippen molar-refractivity contribution in [3.63, 3.8) is 0 Å². The fourth-order valence-corrected chi connectivity index (χ4v) is 2.84. The molecule has 2 fully saturated rings. The molecule has 0 radical (unpaired) electrons. The van der Waals surface area contributed by atoms with E-state index in [1.165, 1.54) is 51.9 Å². The highest BCUT2D eigenvalue weighted by Crippen LogP contribution is 2.29. The van der Waals surface area contributed by atoms with Gasteiger partial charge in [0.2, 0.25) is 0 Å². The van der Waals surface area contributed by atoms with E-state index in [2.05, 4.69) is 24.2 Å². The van der Waals surface area contributed by atoms with Gasteiger partial charge in [-0.15, -0.1) is 0 Å². The minimum atomic E-state index is 0.540. The van der Waals surface area contributed by atoms with Crippen molar-refractivity contribution in [3.05, 3.63) is 0 Å². The van der Waals surface area contributed by atoms with E-state index < -0.39 is 0 Å². The Kier molecular flexibility index (Phi) is 3.13. The summed E-state index contributed by atoms with van der Waals surface area (Å²) >= 11 is 0. The fraction of sp³-hybridized carbons (Fsp3) is 1.00. The maximum Gasteiger partial charge on any atom is 0.00450 e. The van der Waals surface area contributed by atoms with Crippen molar-refractivity contribution in [1.29, 1.82) is 0 Å². The third-order valence-electron chi connectivity index (χ3n) is 3.90. The Morgan fingerprint density at radius 3 is 2.71 bits per heavy atom. The Hall–Kier alpha value is -0.0800. The predicted octanol–water partition coefficient (Wildman–Crippen LogP) is 1.72. The molecule has 0 bridgehead atoms. The van der Waals surface area contributed by atoms with E-state index in [0.717, 1.165) is 5.92 Å². The molecule has 2 heteroatoms. The minimum Gasteiger partial charge on any atom is -0.316 e. The van der Waals surface area contributed by atoms with Crippen LogP contribution < -0.4 is 5.32 Å². The standard InChI is InChI=1S/C12H24N2/c1-12(6-7-13-9-12)10-14(2)8-11-4-3-5-11/h11,13H,3-10H2,1-2H3. The third-order valence-corrected chi connectivity index (χ3v) is 3.90. The first-order valence-electron chi connectivity index (χ1n) is 6.07. The second kappa shape index (κ2) is 4.19. The van der Waals surface area contributed by atoms with Crippen molar-refractivity contribution >= 4 is 0 Å². The molecule has 14 heavy (non-hydrogen) atoms. The second-order valence-corrected chi connectivity index (χ2v) is 5.73. The van der Waals surface area contributed by atoms with Crippen molar-refractivity contribution in [2.75, 3.05) is 33.2 Å². The summed E-state index contributed by atoms with van der Waals surface area (Å²) in [6.07, 6.45) is 5.76. The lowest BCUT2D eigenvalue weighted by Crippen LogP contribution is -2.38. The van der Waals surface area contributed by atoms with Crippen LogP contribution in [0.5, 0.6) is 0 Å². The van der Waals surface area contributed by atoms with Crippen LogP contribution in [-0.2, 0) is 0 Å². The van der Waals surface area contributed by atoms with E-state index in [-0.39, 0.29) is 0 Å². The van der Waals surface area contributed by atoms with Crippen molar-refractivity contribution in [1.82, 2.24) is 10.2 Å². The van der Waals surface area contributed by atoms with E-state index in [0.29, 0.717) is 5.41 Å². The highest BCUT2D eigenvalue weighted by Gasteiger charge is 2.30. The van der Waals surface area contributed by atoms with Crippen molar-refractivity contribution < 1.29 is 0 Å². The highest BCUT2D eigenvalue weighted by atomic mass is 15.1. The molecule has 1 saturated carbocycles. The van der Waals surface area contributed by atoms with Gasteiger partial charge in [0.1, 0.15) is 0 Å². The molecule has 2 aliphatic rings. The number of nitrogens with one attached hydrogen (secondary N) is 1. The van der Waals surface area contributed by atoms with Gasteiger partial charge in [0.05, 0.1) is 0 Å². The van der Waals surface area contributed by atoms with Crippen LogP contribution in [0.1, 0.15) is 32.6 Å². The maximum absolute atomic E-state index is 3.47. The van der Waals surface area contributed by atoms with Gasteiger partial charge in [-0.05, 0) is 44.2 Å². The zero-order chi connectivity index (χ0) is 10.0. The summed E-state index contributed by atoms with van der Waals surface area (Å²) in [4.78, 5) is 2.55. The number of nitrogens with zero attached hydrogens (tertiary/aromatic N) is 1. The lowest BCUT2D eigenvalue weighted by atomic mass is 9.84.